The number of carbonyl (C=O) groups is 2. The molecule has 4 heterocycles. The van der Waals surface area contributed by atoms with Crippen molar-refractivity contribution in [3.63, 3.8) is 0 Å². The molecule has 2 amide bonds. The summed E-state index contributed by atoms with van der Waals surface area (Å²) in [6.45, 7) is 2.24. The molecule has 0 bridgehead atoms. The van der Waals surface area contributed by atoms with E-state index in [9.17, 15) is 9.59 Å². The largest absolute Gasteiger partial charge is 0.372 e. The summed E-state index contributed by atoms with van der Waals surface area (Å²) in [7, 11) is 0. The molecule has 3 aromatic rings. The van der Waals surface area contributed by atoms with Crippen LogP contribution in [0.15, 0.2) is 52.2 Å². The molecule has 0 aliphatic carbocycles. The van der Waals surface area contributed by atoms with Crippen LogP contribution in [-0.2, 0) is 9.59 Å². The van der Waals surface area contributed by atoms with Crippen molar-refractivity contribution in [1.82, 2.24) is 10.6 Å². The van der Waals surface area contributed by atoms with E-state index in [1.165, 1.54) is 41.2 Å². The Morgan fingerprint density at radius 2 is 1.61 bits per heavy atom. The molecule has 2 saturated heterocycles. The number of benzene rings is 1. The van der Waals surface area contributed by atoms with Gasteiger partial charge in [-0.1, -0.05) is 0 Å². The van der Waals surface area contributed by atoms with E-state index in [4.69, 9.17) is 12.2 Å². The number of amides is 2. The maximum atomic E-state index is 12.0. The Bertz CT molecular complexity index is 1200. The first-order valence-corrected chi connectivity index (χ1v) is 11.8. The zero-order valence-electron chi connectivity index (χ0n) is 16.3. The van der Waals surface area contributed by atoms with E-state index in [1.807, 2.05) is 24.3 Å². The van der Waals surface area contributed by atoms with Gasteiger partial charge in [-0.25, -0.2) is 0 Å². The second-order valence-electron chi connectivity index (χ2n) is 7.17. The highest BCUT2D eigenvalue weighted by atomic mass is 32.1. The van der Waals surface area contributed by atoms with Crippen molar-refractivity contribution in [3.05, 3.63) is 46.8 Å². The van der Waals surface area contributed by atoms with Crippen molar-refractivity contribution < 1.29 is 9.59 Å². The van der Waals surface area contributed by atoms with Crippen LogP contribution in [0.4, 0.5) is 16.4 Å². The zero-order chi connectivity index (χ0) is 21.4. The van der Waals surface area contributed by atoms with Gasteiger partial charge in [0.25, 0.3) is 11.8 Å². The van der Waals surface area contributed by atoms with Gasteiger partial charge in [-0.3, -0.25) is 20.2 Å². The zero-order valence-corrected chi connectivity index (χ0v) is 18.7. The van der Waals surface area contributed by atoms with E-state index in [2.05, 4.69) is 37.9 Å². The number of nitrogens with one attached hydrogen (secondary N) is 2. The second kappa shape index (κ2) is 8.29. The number of hydrogen-bond donors (Lipinski definition) is 2. The fourth-order valence-electron chi connectivity index (χ4n) is 3.52. The lowest BCUT2D eigenvalue weighted by molar-refractivity contribution is -0.123. The SMILES string of the molecule is O=C1NC(=S)NC(=O)C1=Cc1cc2sc(N=Nc3ccc(N4CCCC4)cc3)cc2s1. The van der Waals surface area contributed by atoms with E-state index < -0.39 is 11.8 Å². The predicted octanol–water partition coefficient (Wildman–Crippen LogP) is 4.89. The van der Waals surface area contributed by atoms with Crippen LogP contribution >= 0.6 is 34.9 Å². The minimum Gasteiger partial charge on any atom is -0.372 e. The first-order chi connectivity index (χ1) is 15.0. The summed E-state index contributed by atoms with van der Waals surface area (Å²) in [5, 5.41) is 14.4. The molecule has 2 aromatic heterocycles. The lowest BCUT2D eigenvalue weighted by Gasteiger charge is -2.17. The van der Waals surface area contributed by atoms with Crippen LogP contribution in [0.3, 0.4) is 0 Å². The Labute approximate surface area is 191 Å². The first-order valence-electron chi connectivity index (χ1n) is 9.74. The number of thiocarbonyl (C=S) groups is 1. The number of azo groups is 1. The fraction of sp³-hybridized carbons (Fsp3) is 0.190. The van der Waals surface area contributed by atoms with Gasteiger partial charge in [0.2, 0.25) is 0 Å². The van der Waals surface area contributed by atoms with E-state index in [1.54, 1.807) is 6.08 Å². The maximum absolute atomic E-state index is 12.0. The minimum atomic E-state index is -0.490. The molecule has 0 saturated carbocycles. The average Bonchev–Trinajstić information content (AvgIpc) is 3.46. The molecule has 7 nitrogen and oxygen atoms in total. The number of nitrogens with zero attached hydrogens (tertiary/aromatic N) is 3. The van der Waals surface area contributed by atoms with Crippen molar-refractivity contribution in [3.8, 4) is 0 Å². The highest BCUT2D eigenvalue weighted by Gasteiger charge is 2.26. The normalized spacial score (nSPS) is 17.0. The number of rotatable bonds is 4. The summed E-state index contributed by atoms with van der Waals surface area (Å²) in [6, 6.07) is 12.1. The maximum Gasteiger partial charge on any atom is 0.263 e. The number of fused-ring (bicyclic) bond motifs is 1. The van der Waals surface area contributed by atoms with Crippen LogP contribution in [0.1, 0.15) is 17.7 Å². The Morgan fingerprint density at radius 1 is 0.935 bits per heavy atom. The van der Waals surface area contributed by atoms with Crippen molar-refractivity contribution >= 4 is 83.7 Å². The lowest BCUT2D eigenvalue weighted by atomic mass is 10.2. The smallest absolute Gasteiger partial charge is 0.263 e. The van der Waals surface area contributed by atoms with E-state index >= 15 is 0 Å². The molecule has 10 heteroatoms. The number of thiophene rings is 2. The van der Waals surface area contributed by atoms with Gasteiger partial charge in [-0.2, -0.15) is 0 Å². The monoisotopic (exact) mass is 467 g/mol. The third-order valence-electron chi connectivity index (χ3n) is 5.03. The number of anilines is 1. The first kappa shape index (κ1) is 20.0. The molecule has 0 radical (unpaired) electrons. The number of hydrogen-bond acceptors (Lipinski definition) is 8. The van der Waals surface area contributed by atoms with Gasteiger partial charge in [-0.05, 0) is 67.5 Å². The van der Waals surface area contributed by atoms with Crippen LogP contribution in [-0.4, -0.2) is 30.0 Å². The van der Waals surface area contributed by atoms with Crippen LogP contribution in [0.2, 0.25) is 0 Å². The molecular formula is C21H17N5O2S3. The Balaban J connectivity index is 1.30. The van der Waals surface area contributed by atoms with Crippen molar-refractivity contribution in [1.29, 1.82) is 0 Å². The number of carbonyl (C=O) groups excluding carboxylic acids is 2. The van der Waals surface area contributed by atoms with Crippen molar-refractivity contribution in [2.24, 2.45) is 10.2 Å². The summed E-state index contributed by atoms with van der Waals surface area (Å²) in [6.07, 6.45) is 4.08. The van der Waals surface area contributed by atoms with Crippen LogP contribution in [0, 0.1) is 0 Å². The Kier molecular flexibility index (Phi) is 5.34. The van der Waals surface area contributed by atoms with Crippen LogP contribution in [0.5, 0.6) is 0 Å². The van der Waals surface area contributed by atoms with Crippen molar-refractivity contribution in [2.45, 2.75) is 12.8 Å². The summed E-state index contributed by atoms with van der Waals surface area (Å²) in [5.41, 5.74) is 2.09. The van der Waals surface area contributed by atoms with Crippen LogP contribution in [0.25, 0.3) is 15.5 Å². The molecule has 0 spiro atoms. The molecule has 2 N–H and O–H groups in total. The van der Waals surface area contributed by atoms with Crippen LogP contribution < -0.4 is 15.5 Å². The molecule has 1 aromatic carbocycles. The second-order valence-corrected chi connectivity index (χ2v) is 9.75. The Hall–Kier alpha value is -2.95. The molecule has 2 fully saturated rings. The standard InChI is InChI=1S/C21H17N5O2S3/c27-19-15(20(28)23-21(29)22-19)9-14-10-16-17(30-14)11-18(31-16)25-24-12-3-5-13(6-4-12)26-7-1-2-8-26/h3-6,9-11H,1-2,7-8H2,(H2,22,23,27,28,29). The molecule has 2 aliphatic heterocycles. The van der Waals surface area contributed by atoms with Gasteiger partial charge in [0.05, 0.1) is 5.69 Å². The van der Waals surface area contributed by atoms with Gasteiger partial charge in [-0.15, -0.1) is 32.9 Å². The Morgan fingerprint density at radius 3 is 2.29 bits per heavy atom. The van der Waals surface area contributed by atoms with Gasteiger partial charge >= 0.3 is 0 Å². The van der Waals surface area contributed by atoms with Gasteiger partial charge < -0.3 is 4.90 Å². The van der Waals surface area contributed by atoms with E-state index in [0.29, 0.717) is 0 Å². The van der Waals surface area contributed by atoms with Gasteiger partial charge in [0.15, 0.2) is 5.11 Å². The summed E-state index contributed by atoms with van der Waals surface area (Å²) in [5.74, 6) is -0.980. The summed E-state index contributed by atoms with van der Waals surface area (Å²) < 4.78 is 2.06. The summed E-state index contributed by atoms with van der Waals surface area (Å²) >= 11 is 7.82. The third kappa shape index (κ3) is 4.27. The topological polar surface area (TPSA) is 86.2 Å². The molecule has 0 unspecified atom stereocenters. The quantitative estimate of drug-likeness (QED) is 0.248. The highest BCUT2D eigenvalue weighted by Crippen LogP contribution is 2.39. The average molecular weight is 468 g/mol. The predicted molar refractivity (Wildman–Crippen MR) is 129 cm³/mol. The molecule has 156 valence electrons. The summed E-state index contributed by atoms with van der Waals surface area (Å²) in [4.78, 5) is 27.2. The van der Waals surface area contributed by atoms with Gasteiger partial charge in [0.1, 0.15) is 10.6 Å². The molecule has 0 atom stereocenters. The lowest BCUT2D eigenvalue weighted by Crippen LogP contribution is -2.51. The fourth-order valence-corrected chi connectivity index (χ4v) is 5.87. The molecule has 2 aliphatic rings. The third-order valence-corrected chi connectivity index (χ3v) is 7.36. The van der Waals surface area contributed by atoms with Crippen molar-refractivity contribution in [2.75, 3.05) is 18.0 Å². The van der Waals surface area contributed by atoms with E-state index in [0.717, 1.165) is 38.1 Å². The van der Waals surface area contributed by atoms with E-state index in [-0.39, 0.29) is 10.7 Å². The minimum absolute atomic E-state index is 0.0278. The molecular weight excluding hydrogens is 450 g/mol. The highest BCUT2D eigenvalue weighted by molar-refractivity contribution is 7.80. The molecule has 5 rings (SSSR count). The molecule has 31 heavy (non-hydrogen) atoms. The van der Waals surface area contributed by atoms with Gasteiger partial charge in [0, 0.05) is 33.1 Å².